The fourth-order valence-electron chi connectivity index (χ4n) is 0.758. The van der Waals surface area contributed by atoms with Crippen molar-refractivity contribution < 1.29 is 23.8 Å². The number of hydrogen-bond donors (Lipinski definition) is 1. The molecular weight excluding hydrogens is 176 g/mol. The zero-order valence-electron chi connectivity index (χ0n) is 6.73. The van der Waals surface area contributed by atoms with Crippen LogP contribution in [0.4, 0.5) is 0 Å². The standard InChI is InChI=1S/C8H8O5/c9-7(10)8(11)13-4-2-6-1-3-12-5-6/h1,3,5H,2,4H2,(H,9,10). The minimum absolute atomic E-state index is 0.0463. The molecule has 0 spiro atoms. The SMILES string of the molecule is O=C(O)C(=O)OCCc1ccoc1. The second-order valence-corrected chi connectivity index (χ2v) is 2.32. The molecule has 0 unspecified atom stereocenters. The maximum Gasteiger partial charge on any atom is 0.417 e. The quantitative estimate of drug-likeness (QED) is 0.545. The lowest BCUT2D eigenvalue weighted by molar-refractivity contribution is -0.163. The summed E-state index contributed by atoms with van der Waals surface area (Å²) >= 11 is 0. The van der Waals surface area contributed by atoms with Crippen LogP contribution < -0.4 is 0 Å². The Hall–Kier alpha value is -1.78. The van der Waals surface area contributed by atoms with Crippen molar-refractivity contribution in [3.63, 3.8) is 0 Å². The zero-order chi connectivity index (χ0) is 9.68. The van der Waals surface area contributed by atoms with Crippen molar-refractivity contribution in [3.05, 3.63) is 24.2 Å². The maximum atomic E-state index is 10.4. The number of carboxylic acid groups (broad SMARTS) is 1. The highest BCUT2D eigenvalue weighted by molar-refractivity contribution is 6.28. The monoisotopic (exact) mass is 184 g/mol. The molecule has 0 bridgehead atoms. The molecular formula is C8H8O5. The first-order valence-electron chi connectivity index (χ1n) is 3.61. The van der Waals surface area contributed by atoms with Gasteiger partial charge in [-0.25, -0.2) is 9.59 Å². The number of carbonyl (C=O) groups excluding carboxylic acids is 1. The summed E-state index contributed by atoms with van der Waals surface area (Å²) in [4.78, 5) is 20.4. The van der Waals surface area contributed by atoms with Crippen molar-refractivity contribution in [2.45, 2.75) is 6.42 Å². The molecule has 0 aliphatic heterocycles. The molecule has 0 atom stereocenters. The van der Waals surface area contributed by atoms with Crippen molar-refractivity contribution in [1.29, 1.82) is 0 Å². The van der Waals surface area contributed by atoms with Gasteiger partial charge in [0.2, 0.25) is 0 Å². The molecule has 1 aromatic rings. The lowest BCUT2D eigenvalue weighted by Gasteiger charge is -1.98. The fraction of sp³-hybridized carbons (Fsp3) is 0.250. The molecule has 0 saturated carbocycles. The van der Waals surface area contributed by atoms with Gasteiger partial charge in [-0.1, -0.05) is 0 Å². The highest BCUT2D eigenvalue weighted by Crippen LogP contribution is 2.00. The predicted molar refractivity (Wildman–Crippen MR) is 41.0 cm³/mol. The number of carboxylic acids is 1. The average Bonchev–Trinajstić information content (AvgIpc) is 2.56. The van der Waals surface area contributed by atoms with E-state index in [1.165, 1.54) is 12.5 Å². The summed E-state index contributed by atoms with van der Waals surface area (Å²) in [7, 11) is 0. The Balaban J connectivity index is 2.22. The topological polar surface area (TPSA) is 76.7 Å². The second kappa shape index (κ2) is 4.30. The first-order chi connectivity index (χ1) is 6.20. The Morgan fingerprint density at radius 1 is 1.54 bits per heavy atom. The van der Waals surface area contributed by atoms with Crippen molar-refractivity contribution in [1.82, 2.24) is 0 Å². The number of aliphatic carboxylic acids is 1. The van der Waals surface area contributed by atoms with Crippen LogP contribution >= 0.6 is 0 Å². The van der Waals surface area contributed by atoms with Gasteiger partial charge in [0.05, 0.1) is 19.1 Å². The number of rotatable bonds is 3. The highest BCUT2D eigenvalue weighted by Gasteiger charge is 2.11. The summed E-state index contributed by atoms with van der Waals surface area (Å²) in [5, 5.41) is 8.15. The highest BCUT2D eigenvalue weighted by atomic mass is 16.6. The van der Waals surface area contributed by atoms with Crippen LogP contribution in [0.2, 0.25) is 0 Å². The summed E-state index contributed by atoms with van der Waals surface area (Å²) in [5.74, 6) is -2.81. The molecule has 70 valence electrons. The van der Waals surface area contributed by atoms with E-state index in [4.69, 9.17) is 9.52 Å². The molecule has 13 heavy (non-hydrogen) atoms. The van der Waals surface area contributed by atoms with Crippen LogP contribution in [0.5, 0.6) is 0 Å². The first-order valence-corrected chi connectivity index (χ1v) is 3.61. The van der Waals surface area contributed by atoms with Crippen LogP contribution in [0.3, 0.4) is 0 Å². The fourth-order valence-corrected chi connectivity index (χ4v) is 0.758. The number of hydrogen-bond acceptors (Lipinski definition) is 4. The van der Waals surface area contributed by atoms with Gasteiger partial charge in [-0.05, 0) is 11.6 Å². The summed E-state index contributed by atoms with van der Waals surface area (Å²) < 4.78 is 9.16. The van der Waals surface area contributed by atoms with Crippen molar-refractivity contribution in [2.75, 3.05) is 6.61 Å². The number of carbonyl (C=O) groups is 2. The van der Waals surface area contributed by atoms with Gasteiger partial charge in [-0.2, -0.15) is 0 Å². The molecule has 5 nitrogen and oxygen atoms in total. The van der Waals surface area contributed by atoms with Crippen molar-refractivity contribution >= 4 is 11.9 Å². The van der Waals surface area contributed by atoms with Gasteiger partial charge >= 0.3 is 11.9 Å². The van der Waals surface area contributed by atoms with E-state index in [0.717, 1.165) is 5.56 Å². The number of esters is 1. The Kier molecular flexibility index (Phi) is 3.08. The summed E-state index contributed by atoms with van der Waals surface area (Å²) in [6, 6.07) is 1.72. The molecule has 0 aromatic carbocycles. The van der Waals surface area contributed by atoms with Gasteiger partial charge in [0.15, 0.2) is 0 Å². The summed E-state index contributed by atoms with van der Waals surface area (Å²) in [6.45, 7) is 0.0463. The molecule has 5 heteroatoms. The zero-order valence-corrected chi connectivity index (χ0v) is 6.73. The van der Waals surface area contributed by atoms with Gasteiger partial charge in [0.1, 0.15) is 0 Å². The Bertz CT molecular complexity index is 287. The van der Waals surface area contributed by atoms with Gasteiger partial charge < -0.3 is 14.3 Å². The third-order valence-corrected chi connectivity index (χ3v) is 1.38. The minimum Gasteiger partial charge on any atom is -0.473 e. The van der Waals surface area contributed by atoms with E-state index in [1.54, 1.807) is 6.07 Å². The number of ether oxygens (including phenoxy) is 1. The first kappa shape index (κ1) is 9.31. The maximum absolute atomic E-state index is 10.4. The molecule has 0 saturated heterocycles. The van der Waals surface area contributed by atoms with Gasteiger partial charge in [-0.3, -0.25) is 0 Å². The lowest BCUT2D eigenvalue weighted by Crippen LogP contribution is -2.17. The third kappa shape index (κ3) is 2.98. The molecule has 0 fully saturated rings. The van der Waals surface area contributed by atoms with Gasteiger partial charge in [0.25, 0.3) is 0 Å². The molecule has 1 N–H and O–H groups in total. The van der Waals surface area contributed by atoms with E-state index in [-0.39, 0.29) is 6.61 Å². The average molecular weight is 184 g/mol. The lowest BCUT2D eigenvalue weighted by atomic mass is 10.3. The van der Waals surface area contributed by atoms with Crippen LogP contribution in [0.25, 0.3) is 0 Å². The molecule has 0 aliphatic rings. The molecule has 1 rings (SSSR count). The van der Waals surface area contributed by atoms with Gasteiger partial charge in [0, 0.05) is 6.42 Å². The van der Waals surface area contributed by atoms with Gasteiger partial charge in [-0.15, -0.1) is 0 Å². The Morgan fingerprint density at radius 2 is 2.31 bits per heavy atom. The van der Waals surface area contributed by atoms with Crippen molar-refractivity contribution in [3.8, 4) is 0 Å². The normalized spacial score (nSPS) is 9.54. The van der Waals surface area contributed by atoms with Crippen LogP contribution in [-0.2, 0) is 20.7 Å². The smallest absolute Gasteiger partial charge is 0.417 e. The predicted octanol–water partition coefficient (Wildman–Crippen LogP) is 0.450. The van der Waals surface area contributed by atoms with E-state index in [2.05, 4.69) is 4.74 Å². The second-order valence-electron chi connectivity index (χ2n) is 2.32. The molecule has 1 heterocycles. The van der Waals surface area contributed by atoms with E-state index < -0.39 is 11.9 Å². The summed E-state index contributed by atoms with van der Waals surface area (Å²) in [5.41, 5.74) is 0.859. The van der Waals surface area contributed by atoms with Crippen LogP contribution in [0.15, 0.2) is 23.0 Å². The van der Waals surface area contributed by atoms with Crippen LogP contribution in [0, 0.1) is 0 Å². The molecule has 0 aliphatic carbocycles. The van der Waals surface area contributed by atoms with Crippen molar-refractivity contribution in [2.24, 2.45) is 0 Å². The van der Waals surface area contributed by atoms with Crippen LogP contribution in [0.1, 0.15) is 5.56 Å². The molecule has 0 amide bonds. The van der Waals surface area contributed by atoms with E-state index >= 15 is 0 Å². The Labute approximate surface area is 73.9 Å². The molecule has 1 aromatic heterocycles. The van der Waals surface area contributed by atoms with E-state index in [0.29, 0.717) is 6.42 Å². The number of furan rings is 1. The van der Waals surface area contributed by atoms with Crippen LogP contribution in [-0.4, -0.2) is 23.7 Å². The largest absolute Gasteiger partial charge is 0.473 e. The Morgan fingerprint density at radius 3 is 2.85 bits per heavy atom. The van der Waals surface area contributed by atoms with E-state index in [9.17, 15) is 9.59 Å². The minimum atomic E-state index is -1.58. The third-order valence-electron chi connectivity index (χ3n) is 1.38. The van der Waals surface area contributed by atoms with E-state index in [1.807, 2.05) is 0 Å². The summed E-state index contributed by atoms with van der Waals surface area (Å²) in [6.07, 6.45) is 3.46. The molecule has 0 radical (unpaired) electrons.